The Hall–Kier alpha value is -6.26. The predicted molar refractivity (Wildman–Crippen MR) is 244 cm³/mol. The second-order valence-corrected chi connectivity index (χ2v) is 18.0. The lowest BCUT2D eigenvalue weighted by Gasteiger charge is -2.24. The van der Waals surface area contributed by atoms with E-state index in [1.807, 2.05) is 42.5 Å². The summed E-state index contributed by atoms with van der Waals surface area (Å²) in [7, 11) is 0. The van der Waals surface area contributed by atoms with Gasteiger partial charge < -0.3 is 5.11 Å². The van der Waals surface area contributed by atoms with Gasteiger partial charge >= 0.3 is 0 Å². The Morgan fingerprint density at radius 3 is 1.88 bits per heavy atom. The summed E-state index contributed by atoms with van der Waals surface area (Å²) in [6, 6.07) is 30.4. The van der Waals surface area contributed by atoms with E-state index in [2.05, 4.69) is 120 Å². The Balaban J connectivity index is 1.42. The van der Waals surface area contributed by atoms with E-state index < -0.39 is 47.8 Å². The van der Waals surface area contributed by atoms with E-state index in [9.17, 15) is 6.48 Å². The molecule has 58 heavy (non-hydrogen) atoms. The lowest BCUT2D eigenvalue weighted by atomic mass is 9.83. The van der Waals surface area contributed by atoms with E-state index in [-0.39, 0.29) is 39.4 Å². The molecular formula is C54H53N3O. The third-order valence-corrected chi connectivity index (χ3v) is 10.7. The average Bonchev–Trinajstić information content (AvgIpc) is 3.65. The molecule has 1 N–H and O–H groups in total. The maximum Gasteiger partial charge on any atom is 0.149 e. The van der Waals surface area contributed by atoms with Crippen LogP contribution in [0.5, 0.6) is 5.75 Å². The van der Waals surface area contributed by atoms with Crippen LogP contribution in [0.25, 0.3) is 72.7 Å². The number of imidazole rings is 1. The van der Waals surface area contributed by atoms with Crippen LogP contribution in [-0.2, 0) is 16.2 Å². The van der Waals surface area contributed by atoms with Crippen molar-refractivity contribution in [3.63, 3.8) is 0 Å². The Labute approximate surface area is 355 Å². The maximum absolute atomic E-state index is 11.5. The molecular weight excluding hydrogens is 707 g/mol. The summed E-state index contributed by atoms with van der Waals surface area (Å²) < 4.78 is 71.4. The molecule has 0 amide bonds. The molecule has 4 heteroatoms. The van der Waals surface area contributed by atoms with Crippen molar-refractivity contribution in [2.75, 3.05) is 0 Å². The fourth-order valence-electron chi connectivity index (χ4n) is 7.30. The largest absolute Gasteiger partial charge is 0.507 e. The van der Waals surface area contributed by atoms with Gasteiger partial charge in [0, 0.05) is 22.9 Å². The van der Waals surface area contributed by atoms with E-state index in [0.717, 1.165) is 44.6 Å². The molecule has 6 aromatic carbocycles. The van der Waals surface area contributed by atoms with E-state index in [1.165, 1.54) is 5.56 Å². The van der Waals surface area contributed by atoms with Crippen molar-refractivity contribution in [2.45, 2.75) is 78.6 Å². The molecule has 0 aliphatic rings. The van der Waals surface area contributed by atoms with Crippen LogP contribution in [0.15, 0.2) is 152 Å². The minimum Gasteiger partial charge on any atom is -0.507 e. The van der Waals surface area contributed by atoms with E-state index in [4.69, 9.17) is 14.6 Å². The van der Waals surface area contributed by atoms with Crippen LogP contribution in [-0.4, -0.2) is 19.6 Å². The number of hydrogen-bond acceptors (Lipinski definition) is 3. The van der Waals surface area contributed by atoms with Crippen LogP contribution >= 0.6 is 0 Å². The highest BCUT2D eigenvalue weighted by Gasteiger charge is 2.25. The zero-order valence-electron chi connectivity index (χ0n) is 42.6. The average molecular weight is 768 g/mol. The first kappa shape index (κ1) is 29.9. The summed E-state index contributed by atoms with van der Waals surface area (Å²) >= 11 is 0. The summed E-state index contributed by atoms with van der Waals surface area (Å²) in [5.41, 5.74) is 8.85. The molecule has 8 aromatic rings. The van der Waals surface area contributed by atoms with Gasteiger partial charge in [0.15, 0.2) is 0 Å². The van der Waals surface area contributed by atoms with Crippen molar-refractivity contribution in [2.24, 2.45) is 0 Å². The minimum atomic E-state index is -0.599. The lowest BCUT2D eigenvalue weighted by Crippen LogP contribution is -2.12. The number of phenolic OH excluding ortho intramolecular Hbond substituents is 1. The van der Waals surface area contributed by atoms with Gasteiger partial charge in [0.05, 0.1) is 38.9 Å². The molecule has 0 spiro atoms. The standard InChI is InChI=1S/C54H53N3O/c1-52(2,3)40-24-22-36(23-25-40)45-34-41(53(4,5)6)26-27-47(45)57-48-20-15-19-43(50(48)56-51(57)44-18-13-14-21-49(44)58)38-30-39(32-42(31-38)54(7,8)9)46-33-37(28-29-55-46)35-16-11-10-12-17-35/h10-34,58H,1-9H3/i10D,11D,12D,16D,17D,28D,29D,33D. The van der Waals surface area contributed by atoms with Gasteiger partial charge in [-0.2, -0.15) is 0 Å². The summed E-state index contributed by atoms with van der Waals surface area (Å²) in [6.45, 7) is 19.4. The Morgan fingerprint density at radius 1 is 0.534 bits per heavy atom. The number of para-hydroxylation sites is 2. The van der Waals surface area contributed by atoms with Crippen LogP contribution < -0.4 is 0 Å². The number of hydrogen-bond donors (Lipinski definition) is 1. The number of phenols is 1. The zero-order chi connectivity index (χ0) is 47.9. The number of benzene rings is 6. The molecule has 0 fully saturated rings. The highest BCUT2D eigenvalue weighted by molar-refractivity contribution is 5.97. The van der Waals surface area contributed by atoms with Gasteiger partial charge in [-0.3, -0.25) is 9.55 Å². The van der Waals surface area contributed by atoms with Crippen LogP contribution in [0.4, 0.5) is 0 Å². The normalized spacial score (nSPS) is 14.2. The number of nitrogens with zero attached hydrogens (tertiary/aromatic N) is 3. The molecule has 4 nitrogen and oxygen atoms in total. The highest BCUT2D eigenvalue weighted by Crippen LogP contribution is 2.43. The Morgan fingerprint density at radius 2 is 1.19 bits per heavy atom. The summed E-state index contributed by atoms with van der Waals surface area (Å²) in [5, 5.41) is 11.5. The van der Waals surface area contributed by atoms with E-state index in [1.54, 1.807) is 12.1 Å². The summed E-state index contributed by atoms with van der Waals surface area (Å²) in [4.78, 5) is 9.84. The van der Waals surface area contributed by atoms with Gasteiger partial charge in [-0.05, 0) is 110 Å². The first-order valence-electron chi connectivity index (χ1n) is 23.7. The molecule has 0 saturated carbocycles. The van der Waals surface area contributed by atoms with Gasteiger partial charge in [0.25, 0.3) is 0 Å². The van der Waals surface area contributed by atoms with Crippen molar-refractivity contribution in [3.05, 3.63) is 168 Å². The van der Waals surface area contributed by atoms with Crippen molar-refractivity contribution in [1.29, 1.82) is 0 Å². The van der Waals surface area contributed by atoms with Gasteiger partial charge in [-0.1, -0.05) is 153 Å². The van der Waals surface area contributed by atoms with Crippen LogP contribution in [0.3, 0.4) is 0 Å². The summed E-state index contributed by atoms with van der Waals surface area (Å²) in [5.74, 6) is 0.602. The molecule has 0 aliphatic carbocycles. The number of aromatic nitrogens is 3. The molecule has 0 radical (unpaired) electrons. The van der Waals surface area contributed by atoms with Gasteiger partial charge in [0.2, 0.25) is 0 Å². The summed E-state index contributed by atoms with van der Waals surface area (Å²) in [6.07, 6.45) is -0.500. The van der Waals surface area contributed by atoms with Gasteiger partial charge in [0.1, 0.15) is 11.6 Å². The second-order valence-electron chi connectivity index (χ2n) is 18.0. The first-order chi connectivity index (χ1) is 30.9. The minimum absolute atomic E-state index is 0.0267. The number of fused-ring (bicyclic) bond motifs is 1. The fraction of sp³-hybridized carbons (Fsp3) is 0.222. The van der Waals surface area contributed by atoms with Crippen LogP contribution in [0.2, 0.25) is 0 Å². The van der Waals surface area contributed by atoms with Gasteiger partial charge in [-0.25, -0.2) is 4.98 Å². The monoisotopic (exact) mass is 767 g/mol. The molecule has 0 saturated heterocycles. The molecule has 290 valence electrons. The zero-order valence-corrected chi connectivity index (χ0v) is 34.6. The second kappa shape index (κ2) is 14.6. The molecule has 0 atom stereocenters. The van der Waals surface area contributed by atoms with E-state index in [0.29, 0.717) is 22.5 Å². The molecule has 2 aromatic heterocycles. The first-order valence-corrected chi connectivity index (χ1v) is 19.7. The Kier molecular flexibility index (Phi) is 7.53. The fourth-order valence-corrected chi connectivity index (χ4v) is 7.30. The van der Waals surface area contributed by atoms with Crippen molar-refractivity contribution >= 4 is 11.0 Å². The molecule has 0 aliphatic heterocycles. The third-order valence-electron chi connectivity index (χ3n) is 10.7. The quantitative estimate of drug-likeness (QED) is 0.183. The Bertz CT molecular complexity index is 3220. The van der Waals surface area contributed by atoms with Crippen molar-refractivity contribution < 1.29 is 16.1 Å². The molecule has 2 heterocycles. The lowest BCUT2D eigenvalue weighted by molar-refractivity contribution is 0.477. The number of pyridine rings is 1. The molecule has 0 unspecified atom stereocenters. The number of rotatable bonds is 6. The van der Waals surface area contributed by atoms with Crippen molar-refractivity contribution in [1.82, 2.24) is 14.5 Å². The van der Waals surface area contributed by atoms with Crippen LogP contribution in [0, 0.1) is 0 Å². The topological polar surface area (TPSA) is 50.9 Å². The molecule has 8 rings (SSSR count). The third kappa shape index (κ3) is 7.47. The van der Waals surface area contributed by atoms with Gasteiger partial charge in [-0.15, -0.1) is 0 Å². The SMILES string of the molecule is [2H]c1nc(-c2cc(-c3cccc4c3nc(-c3ccccc3O)n4-c3ccc(C(C)(C)C)cc3-c3ccc(C(C)(C)C)cc3)cc(C(C)(C)C)c2)c([2H])c(-c2c([2H])c([2H])c([2H])c([2H])c2[2H])c1[2H]. The highest BCUT2D eigenvalue weighted by atomic mass is 16.3. The maximum atomic E-state index is 11.5. The van der Waals surface area contributed by atoms with E-state index >= 15 is 0 Å². The smallest absolute Gasteiger partial charge is 0.149 e. The number of aromatic hydroxyl groups is 1. The van der Waals surface area contributed by atoms with Crippen LogP contribution in [0.1, 0.15) is 90.0 Å². The predicted octanol–water partition coefficient (Wildman–Crippen LogP) is 14.4. The molecule has 0 bridgehead atoms. The van der Waals surface area contributed by atoms with Crippen molar-refractivity contribution in [3.8, 4) is 67.5 Å².